The molecule has 0 saturated carbocycles. The lowest BCUT2D eigenvalue weighted by Gasteiger charge is -2.20. The van der Waals surface area contributed by atoms with Gasteiger partial charge in [0.05, 0.1) is 24.7 Å². The van der Waals surface area contributed by atoms with Crippen molar-refractivity contribution in [3.05, 3.63) is 30.1 Å². The molecule has 6 nitrogen and oxygen atoms in total. The van der Waals surface area contributed by atoms with Crippen LogP contribution in [0.1, 0.15) is 19.3 Å². The predicted octanol–water partition coefficient (Wildman–Crippen LogP) is 1.34. The molecular formula is C16H18FNO5. The highest BCUT2D eigenvalue weighted by molar-refractivity contribution is 5.81. The number of carbonyl (C=O) groups excluding carboxylic acids is 1. The first-order valence-corrected chi connectivity index (χ1v) is 7.61. The third-order valence-electron chi connectivity index (χ3n) is 4.27. The van der Waals surface area contributed by atoms with E-state index in [9.17, 15) is 19.1 Å². The van der Waals surface area contributed by atoms with Gasteiger partial charge in [0.25, 0.3) is 0 Å². The Bertz CT molecular complexity index is 591. The van der Waals surface area contributed by atoms with Crippen molar-refractivity contribution in [2.24, 2.45) is 5.92 Å². The molecule has 2 saturated heterocycles. The number of nitrogens with one attached hydrogen (secondary N) is 1. The van der Waals surface area contributed by atoms with Gasteiger partial charge in [0.15, 0.2) is 0 Å². The number of fused-ring (bicyclic) bond motifs is 2. The third-order valence-corrected chi connectivity index (χ3v) is 4.27. The van der Waals surface area contributed by atoms with Crippen molar-refractivity contribution in [3.63, 3.8) is 0 Å². The molecule has 0 spiro atoms. The molecule has 7 heteroatoms. The Kier molecular flexibility index (Phi) is 4.47. The number of amides is 1. The number of halogens is 1. The molecular weight excluding hydrogens is 305 g/mol. The lowest BCUT2D eigenvalue weighted by atomic mass is 9.88. The average molecular weight is 323 g/mol. The minimum Gasteiger partial charge on any atom is -0.478 e. The van der Waals surface area contributed by atoms with Crippen LogP contribution < -0.4 is 10.1 Å². The molecule has 2 bridgehead atoms. The van der Waals surface area contributed by atoms with Crippen molar-refractivity contribution in [1.82, 2.24) is 5.32 Å². The van der Waals surface area contributed by atoms with Gasteiger partial charge in [0.2, 0.25) is 12.0 Å². The second-order valence-corrected chi connectivity index (χ2v) is 5.86. The van der Waals surface area contributed by atoms with E-state index in [0.717, 1.165) is 12.8 Å². The van der Waals surface area contributed by atoms with Crippen LogP contribution in [0, 0.1) is 11.7 Å². The molecule has 2 N–H and O–H groups in total. The van der Waals surface area contributed by atoms with Crippen molar-refractivity contribution in [2.45, 2.75) is 37.6 Å². The molecule has 3 rings (SSSR count). The highest BCUT2D eigenvalue weighted by Gasteiger charge is 2.44. The predicted molar refractivity (Wildman–Crippen MR) is 77.5 cm³/mol. The van der Waals surface area contributed by atoms with Crippen LogP contribution in [-0.4, -0.2) is 41.8 Å². The van der Waals surface area contributed by atoms with E-state index in [4.69, 9.17) is 9.47 Å². The maximum absolute atomic E-state index is 12.8. The van der Waals surface area contributed by atoms with Gasteiger partial charge < -0.3 is 19.9 Å². The van der Waals surface area contributed by atoms with Gasteiger partial charge in [-0.3, -0.25) is 4.79 Å². The topological polar surface area (TPSA) is 84.9 Å². The number of carboxylic acids is 1. The normalized spacial score (nSPS) is 26.7. The molecule has 1 aromatic carbocycles. The monoisotopic (exact) mass is 323 g/mol. The van der Waals surface area contributed by atoms with Gasteiger partial charge in [-0.2, -0.15) is 0 Å². The largest absolute Gasteiger partial charge is 0.478 e. The minimum absolute atomic E-state index is 0.0544. The Labute approximate surface area is 132 Å². The van der Waals surface area contributed by atoms with E-state index >= 15 is 0 Å². The number of hydrogen-bond acceptors (Lipinski definition) is 4. The molecule has 1 aromatic rings. The quantitative estimate of drug-likeness (QED) is 0.825. The highest BCUT2D eigenvalue weighted by Crippen LogP contribution is 2.38. The summed E-state index contributed by atoms with van der Waals surface area (Å²) in [4.78, 5) is 23.4. The lowest BCUT2D eigenvalue weighted by molar-refractivity contribution is -0.145. The van der Waals surface area contributed by atoms with Crippen LogP contribution in [-0.2, 0) is 14.3 Å². The summed E-state index contributed by atoms with van der Waals surface area (Å²) < 4.78 is 23.8. The van der Waals surface area contributed by atoms with E-state index < -0.39 is 17.9 Å². The summed E-state index contributed by atoms with van der Waals surface area (Å²) in [6.07, 6.45) is 1.41. The number of hydrogen-bond donors (Lipinski definition) is 2. The van der Waals surface area contributed by atoms with Crippen LogP contribution in [0.4, 0.5) is 4.39 Å². The first kappa shape index (κ1) is 15.7. The third kappa shape index (κ3) is 3.61. The molecule has 2 fully saturated rings. The van der Waals surface area contributed by atoms with E-state index in [-0.39, 0.29) is 36.3 Å². The van der Waals surface area contributed by atoms with Crippen LogP contribution >= 0.6 is 0 Å². The summed E-state index contributed by atoms with van der Waals surface area (Å²) in [6, 6.07) is 5.05. The molecule has 2 heterocycles. The second-order valence-electron chi connectivity index (χ2n) is 5.86. The summed E-state index contributed by atoms with van der Waals surface area (Å²) in [6.45, 7) is -0.153. The molecule has 2 aliphatic heterocycles. The number of rotatable bonds is 6. The second kappa shape index (κ2) is 6.54. The average Bonchev–Trinajstić information content (AvgIpc) is 3.15. The molecule has 0 aliphatic carbocycles. The van der Waals surface area contributed by atoms with Crippen molar-refractivity contribution in [3.8, 4) is 5.75 Å². The Morgan fingerprint density at radius 3 is 2.65 bits per heavy atom. The fourth-order valence-electron chi connectivity index (χ4n) is 3.09. The number of ether oxygens (including phenoxy) is 2. The molecule has 124 valence electrons. The summed E-state index contributed by atoms with van der Waals surface area (Å²) in [7, 11) is 0. The van der Waals surface area contributed by atoms with Crippen LogP contribution in [0.2, 0.25) is 0 Å². The zero-order valence-corrected chi connectivity index (χ0v) is 12.4. The Morgan fingerprint density at radius 2 is 2.09 bits per heavy atom. The SMILES string of the molecule is O=C(O)C(CNC(=O)C1CC2CCC1O2)Oc1ccc(F)cc1. The van der Waals surface area contributed by atoms with Crippen molar-refractivity contribution >= 4 is 11.9 Å². The highest BCUT2D eigenvalue weighted by atomic mass is 19.1. The van der Waals surface area contributed by atoms with Crippen molar-refractivity contribution in [2.75, 3.05) is 6.54 Å². The standard InChI is InChI=1S/C16H18FNO5/c17-9-1-3-10(4-2-9)22-14(16(20)21)8-18-15(19)12-7-11-5-6-13(12)23-11/h1-4,11-14H,5-8H2,(H,18,19)(H,20,21). The van der Waals surface area contributed by atoms with E-state index in [1.807, 2.05) is 0 Å². The summed E-state index contributed by atoms with van der Waals surface area (Å²) in [5.41, 5.74) is 0. The van der Waals surface area contributed by atoms with Crippen LogP contribution in [0.15, 0.2) is 24.3 Å². The number of benzene rings is 1. The van der Waals surface area contributed by atoms with Gasteiger partial charge in [-0.05, 0) is 43.5 Å². The smallest absolute Gasteiger partial charge is 0.346 e. The fraction of sp³-hybridized carbons (Fsp3) is 0.500. The van der Waals surface area contributed by atoms with Crippen molar-refractivity contribution < 1.29 is 28.6 Å². The molecule has 4 unspecified atom stereocenters. The maximum Gasteiger partial charge on any atom is 0.346 e. The van der Waals surface area contributed by atoms with Crippen LogP contribution in [0.5, 0.6) is 5.75 Å². The zero-order valence-electron chi connectivity index (χ0n) is 12.4. The van der Waals surface area contributed by atoms with Gasteiger partial charge >= 0.3 is 5.97 Å². The molecule has 23 heavy (non-hydrogen) atoms. The van der Waals surface area contributed by atoms with Gasteiger partial charge in [-0.1, -0.05) is 0 Å². The molecule has 2 aliphatic rings. The van der Waals surface area contributed by atoms with E-state index in [0.29, 0.717) is 6.42 Å². The molecule has 0 aromatic heterocycles. The molecule has 1 amide bonds. The summed E-state index contributed by atoms with van der Waals surface area (Å²) in [5, 5.41) is 11.8. The van der Waals surface area contributed by atoms with Gasteiger partial charge in [0.1, 0.15) is 11.6 Å². The first-order chi connectivity index (χ1) is 11.0. The van der Waals surface area contributed by atoms with Crippen LogP contribution in [0.3, 0.4) is 0 Å². The number of carboxylic acid groups (broad SMARTS) is 1. The Hall–Kier alpha value is -2.15. The van der Waals surface area contributed by atoms with Gasteiger partial charge in [0, 0.05) is 0 Å². The number of carbonyl (C=O) groups is 2. The van der Waals surface area contributed by atoms with Gasteiger partial charge in [-0.25, -0.2) is 9.18 Å². The van der Waals surface area contributed by atoms with Crippen molar-refractivity contribution in [1.29, 1.82) is 0 Å². The minimum atomic E-state index is -1.23. The molecule has 0 radical (unpaired) electrons. The zero-order chi connectivity index (χ0) is 16.4. The maximum atomic E-state index is 12.8. The Balaban J connectivity index is 1.54. The Morgan fingerprint density at radius 1 is 1.35 bits per heavy atom. The number of aliphatic carboxylic acids is 1. The van der Waals surface area contributed by atoms with Crippen LogP contribution in [0.25, 0.3) is 0 Å². The summed E-state index contributed by atoms with van der Waals surface area (Å²) >= 11 is 0. The fourth-order valence-corrected chi connectivity index (χ4v) is 3.09. The van der Waals surface area contributed by atoms with E-state index in [1.54, 1.807) is 0 Å². The van der Waals surface area contributed by atoms with E-state index in [1.165, 1.54) is 24.3 Å². The summed E-state index contributed by atoms with van der Waals surface area (Å²) in [5.74, 6) is -1.82. The molecule has 4 atom stereocenters. The lowest BCUT2D eigenvalue weighted by Crippen LogP contribution is -2.44. The first-order valence-electron chi connectivity index (χ1n) is 7.61. The van der Waals surface area contributed by atoms with E-state index in [2.05, 4.69) is 5.32 Å². The van der Waals surface area contributed by atoms with Gasteiger partial charge in [-0.15, -0.1) is 0 Å².